The third kappa shape index (κ3) is 2.34. The van der Waals surface area contributed by atoms with E-state index < -0.39 is 0 Å². The van der Waals surface area contributed by atoms with Crippen molar-refractivity contribution < 1.29 is 0 Å². The Morgan fingerprint density at radius 3 is 2.59 bits per heavy atom. The van der Waals surface area contributed by atoms with Crippen LogP contribution in [0.2, 0.25) is 0 Å². The van der Waals surface area contributed by atoms with Crippen molar-refractivity contribution in [2.45, 2.75) is 19.9 Å². The lowest BCUT2D eigenvalue weighted by molar-refractivity contribution is 0.569. The van der Waals surface area contributed by atoms with Crippen LogP contribution in [-0.2, 0) is 0 Å². The van der Waals surface area contributed by atoms with Gasteiger partial charge in [-0.3, -0.25) is 14.5 Å². The largest absolute Gasteiger partial charge is 0.327 e. The summed E-state index contributed by atoms with van der Waals surface area (Å²) in [6.07, 6.45) is 3.40. The van der Waals surface area contributed by atoms with Crippen LogP contribution < -0.4 is 5.69 Å². The number of nitrogens with zero attached hydrogens (tertiary/aromatic N) is 2. The maximum absolute atomic E-state index is 11.9. The lowest BCUT2D eigenvalue weighted by Crippen LogP contribution is -2.26. The van der Waals surface area contributed by atoms with Crippen molar-refractivity contribution in [3.63, 3.8) is 0 Å². The molecule has 0 bridgehead atoms. The molecule has 0 radical (unpaired) electrons. The van der Waals surface area contributed by atoms with Gasteiger partial charge in [-0.05, 0) is 32.0 Å². The van der Waals surface area contributed by atoms with Crippen molar-refractivity contribution in [2.24, 2.45) is 0 Å². The minimum Gasteiger partial charge on any atom is -0.298 e. The molecular formula is C12H13N3OS. The summed E-state index contributed by atoms with van der Waals surface area (Å²) < 4.78 is 2.13. The van der Waals surface area contributed by atoms with Crippen molar-refractivity contribution in [3.8, 4) is 11.3 Å². The van der Waals surface area contributed by atoms with Crippen molar-refractivity contribution in [2.75, 3.05) is 0 Å². The Morgan fingerprint density at radius 2 is 2.00 bits per heavy atom. The highest BCUT2D eigenvalue weighted by atomic mass is 32.1. The lowest BCUT2D eigenvalue weighted by Gasteiger charge is -2.15. The normalized spacial score (nSPS) is 10.8. The third-order valence-corrected chi connectivity index (χ3v) is 2.69. The zero-order valence-corrected chi connectivity index (χ0v) is 10.5. The predicted octanol–water partition coefficient (Wildman–Crippen LogP) is 2.55. The van der Waals surface area contributed by atoms with Gasteiger partial charge in [-0.15, -0.1) is 0 Å². The number of nitrogens with one attached hydrogen (secondary N) is 1. The van der Waals surface area contributed by atoms with Crippen LogP contribution in [-0.4, -0.2) is 14.5 Å². The Kier molecular flexibility index (Phi) is 3.19. The van der Waals surface area contributed by atoms with Gasteiger partial charge in [-0.2, -0.15) is 0 Å². The van der Waals surface area contributed by atoms with Gasteiger partial charge in [-0.1, -0.05) is 12.2 Å². The van der Waals surface area contributed by atoms with Gasteiger partial charge in [0.1, 0.15) is 4.64 Å². The average Bonchev–Trinajstić information content (AvgIpc) is 2.28. The standard InChI is InChI=1S/C12H13N3OS/c1-8(2)15-10(7-11(17)14-12(15)16)9-3-5-13-6-4-9/h3-8H,1-2H3,(H,14,16,17). The predicted molar refractivity (Wildman–Crippen MR) is 69.5 cm³/mol. The number of aromatic nitrogens is 3. The summed E-state index contributed by atoms with van der Waals surface area (Å²) >= 11 is 5.05. The van der Waals surface area contributed by atoms with E-state index in [4.69, 9.17) is 12.2 Å². The van der Waals surface area contributed by atoms with Crippen molar-refractivity contribution in [3.05, 3.63) is 45.7 Å². The summed E-state index contributed by atoms with van der Waals surface area (Å²) in [6, 6.07) is 5.59. The second-order valence-corrected chi connectivity index (χ2v) is 4.46. The quantitative estimate of drug-likeness (QED) is 0.830. The fraction of sp³-hybridized carbons (Fsp3) is 0.250. The molecule has 0 saturated heterocycles. The number of H-pyrrole nitrogens is 1. The molecule has 2 rings (SSSR count). The highest BCUT2D eigenvalue weighted by Crippen LogP contribution is 2.19. The highest BCUT2D eigenvalue weighted by molar-refractivity contribution is 7.71. The Bertz CT molecular complexity index is 628. The topological polar surface area (TPSA) is 50.7 Å². The first-order valence-electron chi connectivity index (χ1n) is 5.36. The Balaban J connectivity index is 2.77. The molecule has 5 heteroatoms. The fourth-order valence-corrected chi connectivity index (χ4v) is 1.96. The molecule has 0 unspecified atom stereocenters. The first-order chi connectivity index (χ1) is 8.09. The van der Waals surface area contributed by atoms with E-state index in [-0.39, 0.29) is 11.7 Å². The summed E-state index contributed by atoms with van der Waals surface area (Å²) in [4.78, 5) is 18.5. The molecule has 0 aliphatic rings. The van der Waals surface area contributed by atoms with Gasteiger partial charge in [0, 0.05) is 24.0 Å². The molecule has 1 N–H and O–H groups in total. The fourth-order valence-electron chi connectivity index (χ4n) is 1.76. The molecule has 0 atom stereocenters. The second kappa shape index (κ2) is 4.63. The minimum absolute atomic E-state index is 0.0671. The highest BCUT2D eigenvalue weighted by Gasteiger charge is 2.09. The van der Waals surface area contributed by atoms with Crippen molar-refractivity contribution >= 4 is 12.2 Å². The maximum atomic E-state index is 11.9. The van der Waals surface area contributed by atoms with Crippen molar-refractivity contribution in [1.82, 2.24) is 14.5 Å². The van der Waals surface area contributed by atoms with E-state index in [9.17, 15) is 4.79 Å². The number of aromatic amines is 1. The molecule has 2 heterocycles. The Labute approximate surface area is 104 Å². The van der Waals surface area contributed by atoms with Gasteiger partial charge < -0.3 is 0 Å². The molecule has 0 aliphatic carbocycles. The SMILES string of the molecule is CC(C)n1c(-c2ccncc2)cc(=S)[nH]c1=O. The molecule has 0 aliphatic heterocycles. The van der Waals surface area contributed by atoms with Gasteiger partial charge in [0.05, 0.1) is 5.69 Å². The number of hydrogen-bond donors (Lipinski definition) is 1. The van der Waals surface area contributed by atoms with E-state index in [1.807, 2.05) is 26.0 Å². The van der Waals surface area contributed by atoms with E-state index >= 15 is 0 Å². The Morgan fingerprint density at radius 1 is 1.35 bits per heavy atom. The molecule has 4 nitrogen and oxygen atoms in total. The van der Waals surface area contributed by atoms with Crippen LogP contribution in [0.15, 0.2) is 35.4 Å². The van der Waals surface area contributed by atoms with Crippen molar-refractivity contribution in [1.29, 1.82) is 0 Å². The summed E-state index contributed by atoms with van der Waals surface area (Å²) in [5, 5.41) is 0. The summed E-state index contributed by atoms with van der Waals surface area (Å²) in [7, 11) is 0. The van der Waals surface area contributed by atoms with E-state index in [1.54, 1.807) is 23.0 Å². The van der Waals surface area contributed by atoms with Crippen LogP contribution in [0.1, 0.15) is 19.9 Å². The van der Waals surface area contributed by atoms with Crippen LogP contribution in [0.5, 0.6) is 0 Å². The van der Waals surface area contributed by atoms with Crippen LogP contribution in [0, 0.1) is 4.64 Å². The van der Waals surface area contributed by atoms with E-state index in [2.05, 4.69) is 9.97 Å². The Hall–Kier alpha value is -1.75. The molecular weight excluding hydrogens is 234 g/mol. The number of pyridine rings is 1. The molecule has 0 spiro atoms. The minimum atomic E-state index is -0.181. The second-order valence-electron chi connectivity index (χ2n) is 4.02. The average molecular weight is 247 g/mol. The number of rotatable bonds is 2. The van der Waals surface area contributed by atoms with Gasteiger partial charge >= 0.3 is 5.69 Å². The van der Waals surface area contributed by atoms with Gasteiger partial charge in [0.15, 0.2) is 0 Å². The van der Waals surface area contributed by atoms with Crippen LogP contribution >= 0.6 is 12.2 Å². The van der Waals surface area contributed by atoms with Crippen LogP contribution in [0.4, 0.5) is 0 Å². The smallest absolute Gasteiger partial charge is 0.298 e. The van der Waals surface area contributed by atoms with E-state index in [0.29, 0.717) is 4.64 Å². The zero-order chi connectivity index (χ0) is 12.4. The molecule has 88 valence electrons. The van der Waals surface area contributed by atoms with Gasteiger partial charge in [0.2, 0.25) is 0 Å². The molecule has 0 aromatic carbocycles. The zero-order valence-electron chi connectivity index (χ0n) is 9.68. The van der Waals surface area contributed by atoms with Crippen LogP contribution in [0.3, 0.4) is 0 Å². The van der Waals surface area contributed by atoms with Gasteiger partial charge in [0.25, 0.3) is 0 Å². The molecule has 2 aromatic rings. The molecule has 0 saturated carbocycles. The van der Waals surface area contributed by atoms with Crippen LogP contribution in [0.25, 0.3) is 11.3 Å². The monoisotopic (exact) mass is 247 g/mol. The third-order valence-electron chi connectivity index (χ3n) is 2.47. The molecule has 17 heavy (non-hydrogen) atoms. The van der Waals surface area contributed by atoms with E-state index in [0.717, 1.165) is 11.3 Å². The number of hydrogen-bond acceptors (Lipinski definition) is 3. The maximum Gasteiger partial charge on any atom is 0.327 e. The summed E-state index contributed by atoms with van der Waals surface area (Å²) in [5.74, 6) is 0. The van der Waals surface area contributed by atoms with E-state index in [1.165, 1.54) is 0 Å². The molecule has 2 aromatic heterocycles. The first-order valence-corrected chi connectivity index (χ1v) is 5.76. The summed E-state index contributed by atoms with van der Waals surface area (Å²) in [6.45, 7) is 3.92. The molecule has 0 amide bonds. The van der Waals surface area contributed by atoms with Gasteiger partial charge in [-0.25, -0.2) is 4.79 Å². The summed E-state index contributed by atoms with van der Waals surface area (Å²) in [5.41, 5.74) is 1.57. The molecule has 0 fully saturated rings. The first kappa shape index (κ1) is 11.7. The lowest BCUT2D eigenvalue weighted by atomic mass is 10.1.